The Hall–Kier alpha value is -0.690. The van der Waals surface area contributed by atoms with E-state index < -0.39 is 0 Å². The largest absolute Gasteiger partial charge is 0.492 e. The van der Waals surface area contributed by atoms with Crippen LogP contribution in [-0.4, -0.2) is 6.61 Å². The lowest BCUT2D eigenvalue weighted by Crippen LogP contribution is -2.11. The molecule has 1 unspecified atom stereocenters. The molecule has 1 aliphatic rings. The standard InChI is InChI=1S/C10H11ClO/c1-7-5-6-12-10-8(7)3-2-4-9(10)11/h2-4,7H,5-6H2,1H3. The fourth-order valence-corrected chi connectivity index (χ4v) is 1.80. The van der Waals surface area contributed by atoms with Crippen LogP contribution in [0.4, 0.5) is 0 Å². The van der Waals surface area contributed by atoms with Crippen molar-refractivity contribution in [2.24, 2.45) is 0 Å². The summed E-state index contributed by atoms with van der Waals surface area (Å²) in [6, 6.07) is 5.94. The fourth-order valence-electron chi connectivity index (χ4n) is 1.56. The van der Waals surface area contributed by atoms with Gasteiger partial charge in [-0.15, -0.1) is 0 Å². The number of hydrogen-bond donors (Lipinski definition) is 0. The van der Waals surface area contributed by atoms with E-state index in [4.69, 9.17) is 16.3 Å². The molecule has 1 nitrogen and oxygen atoms in total. The third-order valence-corrected chi connectivity index (χ3v) is 2.62. The predicted octanol–water partition coefficient (Wildman–Crippen LogP) is 3.23. The first-order valence-corrected chi connectivity index (χ1v) is 4.58. The minimum atomic E-state index is 0.576. The Kier molecular flexibility index (Phi) is 1.97. The Morgan fingerprint density at radius 2 is 2.33 bits per heavy atom. The van der Waals surface area contributed by atoms with Gasteiger partial charge < -0.3 is 4.74 Å². The lowest BCUT2D eigenvalue weighted by Gasteiger charge is -2.23. The molecule has 1 aromatic carbocycles. The molecule has 1 atom stereocenters. The maximum absolute atomic E-state index is 5.98. The van der Waals surface area contributed by atoms with Crippen LogP contribution in [0, 0.1) is 0 Å². The minimum absolute atomic E-state index is 0.576. The van der Waals surface area contributed by atoms with Crippen LogP contribution in [-0.2, 0) is 0 Å². The maximum atomic E-state index is 5.98. The van der Waals surface area contributed by atoms with Gasteiger partial charge in [0.15, 0.2) is 0 Å². The van der Waals surface area contributed by atoms with Crippen LogP contribution in [0.1, 0.15) is 24.8 Å². The van der Waals surface area contributed by atoms with Crippen LogP contribution in [0.3, 0.4) is 0 Å². The van der Waals surface area contributed by atoms with Gasteiger partial charge in [0.25, 0.3) is 0 Å². The highest BCUT2D eigenvalue weighted by Crippen LogP contribution is 2.38. The number of ether oxygens (including phenoxy) is 1. The highest BCUT2D eigenvalue weighted by atomic mass is 35.5. The first-order valence-electron chi connectivity index (χ1n) is 4.20. The second-order valence-corrected chi connectivity index (χ2v) is 3.60. The Balaban J connectivity index is 2.52. The summed E-state index contributed by atoms with van der Waals surface area (Å²) in [5, 5.41) is 0.735. The zero-order valence-electron chi connectivity index (χ0n) is 7.01. The summed E-state index contributed by atoms with van der Waals surface area (Å²) in [7, 11) is 0. The van der Waals surface area contributed by atoms with Gasteiger partial charge in [-0.05, 0) is 24.0 Å². The second kappa shape index (κ2) is 2.98. The highest BCUT2D eigenvalue weighted by molar-refractivity contribution is 6.32. The van der Waals surface area contributed by atoms with Crippen molar-refractivity contribution < 1.29 is 4.74 Å². The van der Waals surface area contributed by atoms with E-state index in [1.54, 1.807) is 0 Å². The molecule has 0 N–H and O–H groups in total. The van der Waals surface area contributed by atoms with Crippen LogP contribution in [0.5, 0.6) is 5.75 Å². The molecule has 1 aliphatic heterocycles. The number of halogens is 1. The van der Waals surface area contributed by atoms with Crippen LogP contribution in [0.25, 0.3) is 0 Å². The van der Waals surface area contributed by atoms with Crippen LogP contribution < -0.4 is 4.74 Å². The Bertz CT molecular complexity index is 296. The molecular formula is C10H11ClO. The van der Waals surface area contributed by atoms with Gasteiger partial charge in [-0.25, -0.2) is 0 Å². The van der Waals surface area contributed by atoms with Gasteiger partial charge in [-0.1, -0.05) is 30.7 Å². The van der Waals surface area contributed by atoms with E-state index in [0.29, 0.717) is 5.92 Å². The molecule has 0 spiro atoms. The average molecular weight is 183 g/mol. The molecule has 0 saturated heterocycles. The molecule has 2 heteroatoms. The minimum Gasteiger partial charge on any atom is -0.492 e. The molecule has 1 heterocycles. The lowest BCUT2D eigenvalue weighted by atomic mass is 9.95. The summed E-state index contributed by atoms with van der Waals surface area (Å²) in [6.07, 6.45) is 1.09. The maximum Gasteiger partial charge on any atom is 0.141 e. The van der Waals surface area contributed by atoms with Gasteiger partial charge in [0.1, 0.15) is 5.75 Å². The normalized spacial score (nSPS) is 21.3. The molecule has 0 bridgehead atoms. The van der Waals surface area contributed by atoms with E-state index in [1.807, 2.05) is 12.1 Å². The van der Waals surface area contributed by atoms with Crippen molar-refractivity contribution in [3.63, 3.8) is 0 Å². The van der Waals surface area contributed by atoms with Crippen molar-refractivity contribution >= 4 is 11.6 Å². The van der Waals surface area contributed by atoms with E-state index in [2.05, 4.69) is 13.0 Å². The van der Waals surface area contributed by atoms with Crippen molar-refractivity contribution in [2.75, 3.05) is 6.61 Å². The molecular weight excluding hydrogens is 172 g/mol. The van der Waals surface area contributed by atoms with E-state index in [0.717, 1.165) is 23.8 Å². The first kappa shape index (κ1) is 7.93. The molecule has 0 fully saturated rings. The number of benzene rings is 1. The smallest absolute Gasteiger partial charge is 0.141 e. The second-order valence-electron chi connectivity index (χ2n) is 3.20. The Morgan fingerprint density at radius 3 is 3.08 bits per heavy atom. The third-order valence-electron chi connectivity index (χ3n) is 2.33. The Labute approximate surface area is 77.3 Å². The SMILES string of the molecule is CC1CCOc2c(Cl)cccc21. The van der Waals surface area contributed by atoms with Crippen molar-refractivity contribution in [3.8, 4) is 5.75 Å². The molecule has 0 aromatic heterocycles. The van der Waals surface area contributed by atoms with E-state index >= 15 is 0 Å². The molecule has 2 rings (SSSR count). The molecule has 1 aromatic rings. The predicted molar refractivity (Wildman–Crippen MR) is 50.0 cm³/mol. The molecule has 0 amide bonds. The summed E-state index contributed by atoms with van der Waals surface area (Å²) in [6.45, 7) is 3.00. The summed E-state index contributed by atoms with van der Waals surface area (Å²) in [5.74, 6) is 1.46. The van der Waals surface area contributed by atoms with E-state index in [-0.39, 0.29) is 0 Å². The molecule has 0 aliphatic carbocycles. The van der Waals surface area contributed by atoms with Gasteiger partial charge in [0.2, 0.25) is 0 Å². The van der Waals surface area contributed by atoms with Gasteiger partial charge in [-0.3, -0.25) is 0 Å². The van der Waals surface area contributed by atoms with E-state index in [1.165, 1.54) is 5.56 Å². The van der Waals surface area contributed by atoms with Gasteiger partial charge in [-0.2, -0.15) is 0 Å². The van der Waals surface area contributed by atoms with Crippen LogP contribution >= 0.6 is 11.6 Å². The topological polar surface area (TPSA) is 9.23 Å². The lowest BCUT2D eigenvalue weighted by molar-refractivity contribution is 0.272. The number of rotatable bonds is 0. The van der Waals surface area contributed by atoms with E-state index in [9.17, 15) is 0 Å². The monoisotopic (exact) mass is 182 g/mol. The molecule has 12 heavy (non-hydrogen) atoms. The molecule has 64 valence electrons. The zero-order chi connectivity index (χ0) is 8.55. The number of para-hydroxylation sites is 1. The van der Waals surface area contributed by atoms with Crippen molar-refractivity contribution in [1.29, 1.82) is 0 Å². The quantitative estimate of drug-likeness (QED) is 0.599. The van der Waals surface area contributed by atoms with Gasteiger partial charge in [0, 0.05) is 0 Å². The molecule has 0 radical (unpaired) electrons. The van der Waals surface area contributed by atoms with Gasteiger partial charge in [0.05, 0.1) is 11.6 Å². The number of hydrogen-bond acceptors (Lipinski definition) is 1. The fraction of sp³-hybridized carbons (Fsp3) is 0.400. The van der Waals surface area contributed by atoms with Crippen molar-refractivity contribution in [3.05, 3.63) is 28.8 Å². The summed E-state index contributed by atoms with van der Waals surface area (Å²) >= 11 is 5.98. The van der Waals surface area contributed by atoms with Gasteiger partial charge >= 0.3 is 0 Å². The highest BCUT2D eigenvalue weighted by Gasteiger charge is 2.18. The zero-order valence-corrected chi connectivity index (χ0v) is 7.77. The van der Waals surface area contributed by atoms with Crippen molar-refractivity contribution in [2.45, 2.75) is 19.3 Å². The van der Waals surface area contributed by atoms with Crippen LogP contribution in [0.2, 0.25) is 5.02 Å². The van der Waals surface area contributed by atoms with Crippen molar-refractivity contribution in [1.82, 2.24) is 0 Å². The Morgan fingerprint density at radius 1 is 1.50 bits per heavy atom. The average Bonchev–Trinajstić information content (AvgIpc) is 2.07. The first-order chi connectivity index (χ1) is 5.79. The molecule has 0 saturated carbocycles. The summed E-state index contributed by atoms with van der Waals surface area (Å²) in [4.78, 5) is 0. The third kappa shape index (κ3) is 1.18. The number of fused-ring (bicyclic) bond motifs is 1. The summed E-state index contributed by atoms with van der Waals surface area (Å²) < 4.78 is 5.49. The summed E-state index contributed by atoms with van der Waals surface area (Å²) in [5.41, 5.74) is 1.24. The van der Waals surface area contributed by atoms with Crippen LogP contribution in [0.15, 0.2) is 18.2 Å².